The maximum Gasteiger partial charge on any atom is 0.167 e. The maximum absolute atomic E-state index is 5.85. The van der Waals surface area contributed by atoms with Crippen LogP contribution < -0.4 is 4.74 Å². The molecular weight excluding hydrogens is 312 g/mol. The predicted octanol–water partition coefficient (Wildman–Crippen LogP) is 3.01. The van der Waals surface area contributed by atoms with E-state index in [0.717, 1.165) is 49.0 Å². The van der Waals surface area contributed by atoms with Crippen LogP contribution in [0.15, 0.2) is 54.6 Å². The second kappa shape index (κ2) is 7.07. The average molecular weight is 334 g/mol. The van der Waals surface area contributed by atoms with Crippen molar-refractivity contribution in [1.29, 1.82) is 0 Å². The standard InChI is InChI=1S/C20H22N4O/c1-23(15-16-7-3-2-4-8-16)12-11-19-21-22-20-17-9-5-6-10-18(17)25-14-13-24(19)20/h2-10H,11-15H2,1H3. The Bertz CT molecular complexity index is 844. The van der Waals surface area contributed by atoms with E-state index < -0.39 is 0 Å². The summed E-state index contributed by atoms with van der Waals surface area (Å²) in [7, 11) is 2.14. The Morgan fingerprint density at radius 2 is 1.84 bits per heavy atom. The van der Waals surface area contributed by atoms with Gasteiger partial charge in [0.25, 0.3) is 0 Å². The van der Waals surface area contributed by atoms with Gasteiger partial charge in [0, 0.05) is 19.5 Å². The zero-order valence-corrected chi connectivity index (χ0v) is 14.4. The Balaban J connectivity index is 1.47. The van der Waals surface area contributed by atoms with Crippen molar-refractivity contribution in [3.05, 3.63) is 66.0 Å². The lowest BCUT2D eigenvalue weighted by molar-refractivity contribution is 0.300. The van der Waals surface area contributed by atoms with Gasteiger partial charge in [-0.1, -0.05) is 42.5 Å². The van der Waals surface area contributed by atoms with Crippen molar-refractivity contribution in [3.63, 3.8) is 0 Å². The molecule has 128 valence electrons. The number of likely N-dealkylation sites (N-methyl/N-ethyl adjacent to an activating group) is 1. The second-order valence-electron chi connectivity index (χ2n) is 6.41. The molecule has 0 spiro atoms. The fraction of sp³-hybridized carbons (Fsp3) is 0.300. The number of nitrogens with zero attached hydrogens (tertiary/aromatic N) is 4. The highest BCUT2D eigenvalue weighted by Gasteiger charge is 2.20. The molecule has 0 saturated carbocycles. The summed E-state index contributed by atoms with van der Waals surface area (Å²) in [5, 5.41) is 8.88. The number of hydrogen-bond acceptors (Lipinski definition) is 4. The van der Waals surface area contributed by atoms with Crippen LogP contribution in [0.25, 0.3) is 11.4 Å². The van der Waals surface area contributed by atoms with Gasteiger partial charge in [-0.2, -0.15) is 0 Å². The largest absolute Gasteiger partial charge is 0.491 e. The van der Waals surface area contributed by atoms with E-state index in [-0.39, 0.29) is 0 Å². The summed E-state index contributed by atoms with van der Waals surface area (Å²) in [6.45, 7) is 3.31. The van der Waals surface area contributed by atoms with E-state index in [1.807, 2.05) is 24.3 Å². The first-order chi connectivity index (χ1) is 12.3. The molecule has 2 heterocycles. The normalized spacial score (nSPS) is 13.0. The lowest BCUT2D eigenvalue weighted by Crippen LogP contribution is -2.22. The van der Waals surface area contributed by atoms with Gasteiger partial charge in [-0.25, -0.2) is 0 Å². The van der Waals surface area contributed by atoms with Crippen molar-refractivity contribution in [2.45, 2.75) is 19.5 Å². The Labute approximate surface area is 147 Å². The molecule has 0 N–H and O–H groups in total. The third-order valence-electron chi connectivity index (χ3n) is 4.54. The molecule has 0 bridgehead atoms. The fourth-order valence-electron chi connectivity index (χ4n) is 3.24. The Kier molecular flexibility index (Phi) is 4.48. The van der Waals surface area contributed by atoms with Crippen molar-refractivity contribution in [1.82, 2.24) is 19.7 Å². The van der Waals surface area contributed by atoms with Gasteiger partial charge in [0.1, 0.15) is 18.2 Å². The molecule has 0 unspecified atom stereocenters. The summed E-state index contributed by atoms with van der Waals surface area (Å²) >= 11 is 0. The highest BCUT2D eigenvalue weighted by Crippen LogP contribution is 2.31. The van der Waals surface area contributed by atoms with E-state index in [9.17, 15) is 0 Å². The van der Waals surface area contributed by atoms with Gasteiger partial charge < -0.3 is 14.2 Å². The van der Waals surface area contributed by atoms with Crippen molar-refractivity contribution >= 4 is 0 Å². The number of hydrogen-bond donors (Lipinski definition) is 0. The molecule has 1 aliphatic heterocycles. The van der Waals surface area contributed by atoms with E-state index in [2.05, 4.69) is 57.0 Å². The number of benzene rings is 2. The van der Waals surface area contributed by atoms with Crippen LogP contribution in [-0.2, 0) is 19.5 Å². The van der Waals surface area contributed by atoms with Gasteiger partial charge in [0.2, 0.25) is 0 Å². The first-order valence-corrected chi connectivity index (χ1v) is 8.68. The van der Waals surface area contributed by atoms with Gasteiger partial charge in [0.15, 0.2) is 5.82 Å². The molecule has 2 aromatic carbocycles. The number of para-hydroxylation sites is 1. The minimum absolute atomic E-state index is 0.648. The molecule has 0 atom stereocenters. The molecule has 1 aliphatic rings. The van der Waals surface area contributed by atoms with Crippen LogP contribution in [0.5, 0.6) is 5.75 Å². The molecule has 3 aromatic rings. The van der Waals surface area contributed by atoms with E-state index in [1.54, 1.807) is 0 Å². The topological polar surface area (TPSA) is 43.2 Å². The maximum atomic E-state index is 5.85. The third-order valence-corrected chi connectivity index (χ3v) is 4.54. The van der Waals surface area contributed by atoms with Crippen LogP contribution in [0, 0.1) is 0 Å². The Morgan fingerprint density at radius 3 is 2.72 bits per heavy atom. The van der Waals surface area contributed by atoms with Crippen LogP contribution in [0.3, 0.4) is 0 Å². The zero-order valence-electron chi connectivity index (χ0n) is 14.4. The quantitative estimate of drug-likeness (QED) is 0.719. The summed E-state index contributed by atoms with van der Waals surface area (Å²) < 4.78 is 8.05. The molecule has 0 fully saturated rings. The summed E-state index contributed by atoms with van der Waals surface area (Å²) in [5.74, 6) is 2.82. The number of rotatable bonds is 5. The highest BCUT2D eigenvalue weighted by atomic mass is 16.5. The van der Waals surface area contributed by atoms with Crippen LogP contribution in [0.4, 0.5) is 0 Å². The first-order valence-electron chi connectivity index (χ1n) is 8.68. The van der Waals surface area contributed by atoms with Gasteiger partial charge in [-0.15, -0.1) is 10.2 Å². The Hall–Kier alpha value is -2.66. The van der Waals surface area contributed by atoms with Crippen molar-refractivity contribution in [3.8, 4) is 17.1 Å². The summed E-state index contributed by atoms with van der Waals surface area (Å²) in [6.07, 6.45) is 0.874. The average Bonchev–Trinajstić information content (AvgIpc) is 2.94. The zero-order chi connectivity index (χ0) is 17.1. The fourth-order valence-corrected chi connectivity index (χ4v) is 3.24. The van der Waals surface area contributed by atoms with Crippen LogP contribution in [-0.4, -0.2) is 39.9 Å². The molecule has 0 amide bonds. The SMILES string of the molecule is CN(CCc1nnc2n1CCOc1ccccc1-2)Cc1ccccc1. The van der Waals surface area contributed by atoms with E-state index in [0.29, 0.717) is 6.61 Å². The van der Waals surface area contributed by atoms with E-state index >= 15 is 0 Å². The molecular formula is C20H22N4O. The van der Waals surface area contributed by atoms with Gasteiger partial charge in [-0.05, 0) is 24.7 Å². The molecule has 5 heteroatoms. The van der Waals surface area contributed by atoms with Gasteiger partial charge >= 0.3 is 0 Å². The predicted molar refractivity (Wildman–Crippen MR) is 97.4 cm³/mol. The number of ether oxygens (including phenoxy) is 1. The third kappa shape index (κ3) is 3.42. The summed E-state index contributed by atoms with van der Waals surface area (Å²) in [4.78, 5) is 2.32. The van der Waals surface area contributed by atoms with Gasteiger partial charge in [-0.3, -0.25) is 0 Å². The molecule has 0 radical (unpaired) electrons. The first kappa shape index (κ1) is 15.8. The van der Waals surface area contributed by atoms with Crippen LogP contribution >= 0.6 is 0 Å². The monoisotopic (exact) mass is 334 g/mol. The molecule has 25 heavy (non-hydrogen) atoms. The summed E-state index contributed by atoms with van der Waals surface area (Å²) in [6, 6.07) is 18.6. The minimum atomic E-state index is 0.648. The lowest BCUT2D eigenvalue weighted by atomic mass is 10.2. The Morgan fingerprint density at radius 1 is 1.04 bits per heavy atom. The summed E-state index contributed by atoms with van der Waals surface area (Å²) in [5.41, 5.74) is 2.35. The molecule has 4 rings (SSSR count). The number of fused-ring (bicyclic) bond motifs is 3. The van der Waals surface area contributed by atoms with Crippen molar-refractivity contribution < 1.29 is 4.74 Å². The second-order valence-corrected chi connectivity index (χ2v) is 6.41. The van der Waals surface area contributed by atoms with Crippen molar-refractivity contribution in [2.75, 3.05) is 20.2 Å². The van der Waals surface area contributed by atoms with Gasteiger partial charge in [0.05, 0.1) is 12.1 Å². The van der Waals surface area contributed by atoms with Crippen LogP contribution in [0.1, 0.15) is 11.4 Å². The smallest absolute Gasteiger partial charge is 0.167 e. The molecule has 5 nitrogen and oxygen atoms in total. The number of aromatic nitrogens is 3. The van der Waals surface area contributed by atoms with E-state index in [1.165, 1.54) is 5.56 Å². The minimum Gasteiger partial charge on any atom is -0.491 e. The molecule has 0 aliphatic carbocycles. The molecule has 0 saturated heterocycles. The molecule has 1 aromatic heterocycles. The highest BCUT2D eigenvalue weighted by molar-refractivity contribution is 5.64. The van der Waals surface area contributed by atoms with Crippen LogP contribution in [0.2, 0.25) is 0 Å². The lowest BCUT2D eigenvalue weighted by Gasteiger charge is -2.16. The van der Waals surface area contributed by atoms with Crippen molar-refractivity contribution in [2.24, 2.45) is 0 Å². The van der Waals surface area contributed by atoms with E-state index in [4.69, 9.17) is 4.74 Å².